The molecule has 1 aromatic carbocycles. The first kappa shape index (κ1) is 29.1. The quantitative estimate of drug-likeness (QED) is 0.181. The van der Waals surface area contributed by atoms with Gasteiger partial charge in [-0.15, -0.1) is 3.52 Å². The van der Waals surface area contributed by atoms with Crippen molar-refractivity contribution in [2.24, 2.45) is 0 Å². The molecule has 0 aliphatic heterocycles. The second kappa shape index (κ2) is 16.7. The van der Waals surface area contributed by atoms with E-state index in [1.54, 1.807) is 0 Å². The van der Waals surface area contributed by atoms with Crippen LogP contribution in [0.1, 0.15) is 116 Å². The lowest BCUT2D eigenvalue weighted by molar-refractivity contribution is -0.743. The van der Waals surface area contributed by atoms with Crippen molar-refractivity contribution in [1.29, 1.82) is 0 Å². The fraction of sp³-hybridized carbons (Fsp3) is 0.760. The molecule has 1 nitrogen and oxygen atoms in total. The molecule has 0 N–H and O–H groups in total. The normalized spacial score (nSPS) is 13.7. The van der Waals surface area contributed by atoms with Crippen LogP contribution in [-0.4, -0.2) is 10.6 Å². The second-order valence-corrected chi connectivity index (χ2v) is 10.3. The number of nitrogens with zero attached hydrogens (tertiary/aromatic N) is 1. The summed E-state index contributed by atoms with van der Waals surface area (Å²) >= 11 is 13.1. The fourth-order valence-corrected chi connectivity index (χ4v) is 4.39. The Morgan fingerprint density at radius 1 is 0.690 bits per heavy atom. The smallest absolute Gasteiger partial charge is 0.187 e. The lowest BCUT2D eigenvalue weighted by atomic mass is 9.86. The van der Waals surface area contributed by atoms with E-state index in [2.05, 4.69) is 38.1 Å². The van der Waals surface area contributed by atoms with E-state index in [1.807, 2.05) is 13.1 Å². The molecule has 0 fully saturated rings. The Morgan fingerprint density at radius 2 is 1.07 bits per heavy atom. The topological polar surface area (TPSA) is 0 Å². The molecule has 0 heterocycles. The first-order chi connectivity index (χ1) is 13.4. The van der Waals surface area contributed by atoms with Crippen LogP contribution in [0.2, 0.25) is 0 Å². The maximum atomic E-state index is 6.54. The number of hydrogen-bond acceptors (Lipinski definition) is 0. The minimum absolute atomic E-state index is 0. The zero-order chi connectivity index (χ0) is 20.7. The van der Waals surface area contributed by atoms with Crippen molar-refractivity contribution < 1.29 is 15.9 Å². The van der Waals surface area contributed by atoms with Crippen molar-refractivity contribution in [3.8, 4) is 0 Å². The van der Waals surface area contributed by atoms with Gasteiger partial charge in [-0.2, -0.15) is 0 Å². The van der Waals surface area contributed by atoms with Gasteiger partial charge < -0.3 is 12.4 Å². The van der Waals surface area contributed by atoms with Crippen LogP contribution in [0.15, 0.2) is 30.3 Å². The molecule has 0 amide bonds. The minimum atomic E-state index is -0.262. The maximum Gasteiger partial charge on any atom is 0.187 e. The highest BCUT2D eigenvalue weighted by Crippen LogP contribution is 2.42. The second-order valence-electron chi connectivity index (χ2n) is 8.78. The molecule has 4 heteroatoms. The molecule has 170 valence electrons. The van der Waals surface area contributed by atoms with Gasteiger partial charge in [0, 0.05) is 12.0 Å². The summed E-state index contributed by atoms with van der Waals surface area (Å²) in [5.41, 5.74) is 0.957. The third-order valence-electron chi connectivity index (χ3n) is 6.28. The van der Waals surface area contributed by atoms with Gasteiger partial charge in [0.25, 0.3) is 0 Å². The van der Waals surface area contributed by atoms with Crippen molar-refractivity contribution in [3.05, 3.63) is 35.9 Å². The third kappa shape index (κ3) is 11.9. The van der Waals surface area contributed by atoms with Gasteiger partial charge in [0.15, 0.2) is 29.1 Å². The first-order valence-corrected chi connectivity index (χ1v) is 12.4. The highest BCUT2D eigenvalue weighted by Gasteiger charge is 2.45. The maximum absolute atomic E-state index is 6.54. The van der Waals surface area contributed by atoms with Crippen molar-refractivity contribution >= 4 is 23.6 Å². The van der Waals surface area contributed by atoms with Crippen LogP contribution in [0.25, 0.3) is 0 Å². The van der Waals surface area contributed by atoms with Gasteiger partial charge in [0.2, 0.25) is 0 Å². The number of quaternary nitrogens is 1. The third-order valence-corrected chi connectivity index (χ3v) is 7.03. The largest absolute Gasteiger partial charge is 1.00 e. The molecule has 0 aliphatic carbocycles. The highest BCUT2D eigenvalue weighted by atomic mass is 35.5. The zero-order valence-corrected chi connectivity index (χ0v) is 21.3. The summed E-state index contributed by atoms with van der Waals surface area (Å²) in [6, 6.07) is 10.5. The Labute approximate surface area is 197 Å². The van der Waals surface area contributed by atoms with Crippen molar-refractivity contribution in [2.75, 3.05) is 7.05 Å². The lowest BCUT2D eigenvalue weighted by Crippen LogP contribution is -3.00. The van der Waals surface area contributed by atoms with Crippen LogP contribution in [0.3, 0.4) is 0 Å². The predicted octanol–water partition coefficient (Wildman–Crippen LogP) is 6.53. The van der Waals surface area contributed by atoms with Crippen LogP contribution in [0.5, 0.6) is 0 Å². The summed E-state index contributed by atoms with van der Waals surface area (Å²) in [5.74, 6) is 0. The number of halogens is 3. The van der Waals surface area contributed by atoms with E-state index in [-0.39, 0.29) is 21.5 Å². The average molecular weight is 465 g/mol. The van der Waals surface area contributed by atoms with E-state index in [4.69, 9.17) is 23.6 Å². The molecule has 29 heavy (non-hydrogen) atoms. The molecule has 0 aromatic heterocycles. The molecule has 0 saturated carbocycles. The van der Waals surface area contributed by atoms with E-state index in [9.17, 15) is 0 Å². The molecule has 0 aliphatic rings. The van der Waals surface area contributed by atoms with E-state index in [0.29, 0.717) is 0 Å². The Morgan fingerprint density at radius 3 is 1.45 bits per heavy atom. The standard InChI is InChI=1S/C25H44Cl2N.ClH/c1-4-5-6-7-8-9-10-11-12-13-14-15-16-20-23-25(2,28(3,26)27)24-21-18-17-19-22-24;/h17-19,21-22H,4-16,20,23H2,1-3H3;1H/q+1;/p-1. The average Bonchev–Trinajstić information content (AvgIpc) is 2.68. The Hall–Kier alpha value is 0.0500. The van der Waals surface area contributed by atoms with Crippen LogP contribution in [0, 0.1) is 0 Å². The van der Waals surface area contributed by atoms with Crippen LogP contribution in [-0.2, 0) is 5.54 Å². The lowest BCUT2D eigenvalue weighted by Gasteiger charge is -2.36. The van der Waals surface area contributed by atoms with Crippen molar-refractivity contribution in [2.45, 2.75) is 116 Å². The Balaban J connectivity index is 0.00000784. The van der Waals surface area contributed by atoms with Crippen LogP contribution in [0.4, 0.5) is 0 Å². The molecule has 1 unspecified atom stereocenters. The summed E-state index contributed by atoms with van der Waals surface area (Å²) in [6.07, 6.45) is 20.3. The fourth-order valence-electron chi connectivity index (χ4n) is 4.03. The number of benzene rings is 1. The number of unbranched alkanes of at least 4 members (excludes halogenated alkanes) is 13. The SMILES string of the molecule is CCCCCCCCCCCCCCCCC(C)(c1ccccc1)[N+](C)(Cl)Cl.[Cl-]. The molecule has 0 saturated heterocycles. The molecular formula is C25H44Cl3N. The summed E-state index contributed by atoms with van der Waals surface area (Å²) in [5, 5.41) is 0. The van der Waals surface area contributed by atoms with Gasteiger partial charge in [-0.1, -0.05) is 121 Å². The van der Waals surface area contributed by atoms with E-state index >= 15 is 0 Å². The minimum Gasteiger partial charge on any atom is -1.00 e. The van der Waals surface area contributed by atoms with Gasteiger partial charge in [0.05, 0.1) is 0 Å². The zero-order valence-electron chi connectivity index (χ0n) is 19.1. The highest BCUT2D eigenvalue weighted by molar-refractivity contribution is 6.23. The summed E-state index contributed by atoms with van der Waals surface area (Å²) in [7, 11) is 1.87. The monoisotopic (exact) mass is 463 g/mol. The predicted molar refractivity (Wildman–Crippen MR) is 127 cm³/mol. The first-order valence-electron chi connectivity index (χ1n) is 11.7. The van der Waals surface area contributed by atoms with Gasteiger partial charge >= 0.3 is 0 Å². The summed E-state index contributed by atoms with van der Waals surface area (Å²) in [4.78, 5) is 0. The summed E-state index contributed by atoms with van der Waals surface area (Å²) in [6.45, 7) is 4.47. The Kier molecular flexibility index (Phi) is 16.7. The van der Waals surface area contributed by atoms with E-state index < -0.39 is 0 Å². The van der Waals surface area contributed by atoms with Gasteiger partial charge in [0.1, 0.15) is 7.05 Å². The molecule has 0 spiro atoms. The van der Waals surface area contributed by atoms with E-state index in [0.717, 1.165) is 6.42 Å². The number of hydrogen-bond donors (Lipinski definition) is 0. The van der Waals surface area contributed by atoms with Crippen LogP contribution < -0.4 is 12.4 Å². The molecule has 1 rings (SSSR count). The van der Waals surface area contributed by atoms with Gasteiger partial charge in [-0.25, -0.2) is 0 Å². The summed E-state index contributed by atoms with van der Waals surface area (Å²) < 4.78 is -0.0601. The van der Waals surface area contributed by atoms with E-state index in [1.165, 1.54) is 95.5 Å². The molecule has 1 aromatic rings. The molecule has 0 radical (unpaired) electrons. The van der Waals surface area contributed by atoms with Gasteiger partial charge in [-0.3, -0.25) is 0 Å². The van der Waals surface area contributed by atoms with Gasteiger partial charge in [-0.05, 0) is 13.3 Å². The molecule has 1 atom stereocenters. The Bertz CT molecular complexity index is 487. The number of rotatable bonds is 17. The molecular weight excluding hydrogens is 421 g/mol. The van der Waals surface area contributed by atoms with Crippen molar-refractivity contribution in [3.63, 3.8) is 0 Å². The van der Waals surface area contributed by atoms with Crippen LogP contribution >= 0.6 is 23.6 Å². The molecule has 0 bridgehead atoms. The van der Waals surface area contributed by atoms with Crippen molar-refractivity contribution in [1.82, 2.24) is 0 Å².